The minimum absolute atomic E-state index is 0.0231. The van der Waals surface area contributed by atoms with Crippen molar-refractivity contribution in [2.75, 3.05) is 5.32 Å². The van der Waals surface area contributed by atoms with Crippen molar-refractivity contribution < 1.29 is 32.7 Å². The third-order valence-corrected chi connectivity index (χ3v) is 3.52. The van der Waals surface area contributed by atoms with E-state index >= 15 is 0 Å². The van der Waals surface area contributed by atoms with E-state index in [-0.39, 0.29) is 6.41 Å². The van der Waals surface area contributed by atoms with Gasteiger partial charge in [-0.25, -0.2) is 5.06 Å². The lowest BCUT2D eigenvalue weighted by molar-refractivity contribution is -0.257. The van der Waals surface area contributed by atoms with Gasteiger partial charge in [0.1, 0.15) is 6.04 Å². The molecule has 2 unspecified atom stereocenters. The first kappa shape index (κ1) is 22.9. The fourth-order valence-corrected chi connectivity index (χ4v) is 2.40. The number of hydrogen-bond donors (Lipinski definition) is 2. The Morgan fingerprint density at radius 3 is 2.33 bits per heavy atom. The number of hydrogen-bond acceptors (Lipinski definition) is 4. The molecule has 0 aliphatic carbocycles. The highest BCUT2D eigenvalue weighted by atomic mass is 19.4. The summed E-state index contributed by atoms with van der Waals surface area (Å²) in [6.07, 6.45) is -8.47. The monoisotopic (exact) mass is 390 g/mol. The molecule has 6 nitrogen and oxygen atoms in total. The Hall–Kier alpha value is -2.13. The number of benzene rings is 1. The normalized spacial score (nSPS) is 14.4. The second-order valence-corrected chi connectivity index (χ2v) is 7.31. The third kappa shape index (κ3) is 7.56. The van der Waals surface area contributed by atoms with Crippen LogP contribution in [0.3, 0.4) is 0 Å². The number of aliphatic hydroxyl groups excluding tert-OH is 1. The van der Waals surface area contributed by atoms with E-state index in [2.05, 4.69) is 5.32 Å². The summed E-state index contributed by atoms with van der Waals surface area (Å²) in [5.74, 6) is -1.07. The number of anilines is 1. The molecule has 0 aliphatic heterocycles. The molecule has 1 aromatic rings. The maximum Gasteiger partial charge on any atom is 0.391 e. The quantitative estimate of drug-likeness (QED) is 0.554. The smallest absolute Gasteiger partial charge is 0.381 e. The summed E-state index contributed by atoms with van der Waals surface area (Å²) in [7, 11) is 0. The zero-order valence-corrected chi connectivity index (χ0v) is 15.9. The summed E-state index contributed by atoms with van der Waals surface area (Å²) < 4.78 is 38.9. The average molecular weight is 390 g/mol. The summed E-state index contributed by atoms with van der Waals surface area (Å²) in [6.45, 7) is 8.13. The lowest BCUT2D eigenvalue weighted by Crippen LogP contribution is -2.52. The lowest BCUT2D eigenvalue weighted by Gasteiger charge is -2.35. The van der Waals surface area contributed by atoms with E-state index in [0.717, 1.165) is 5.56 Å². The van der Waals surface area contributed by atoms with Gasteiger partial charge in [-0.1, -0.05) is 17.7 Å². The van der Waals surface area contributed by atoms with E-state index in [1.807, 2.05) is 6.92 Å². The molecule has 1 rings (SSSR count). The van der Waals surface area contributed by atoms with Gasteiger partial charge in [0.2, 0.25) is 6.41 Å². The van der Waals surface area contributed by atoms with Crippen LogP contribution in [0.1, 0.15) is 38.3 Å². The molecule has 2 amide bonds. The standard InChI is InChI=1S/C18H25F3N2O4/c1-11-6-7-13(12(2)8-11)22-16(26)15(25)14(9-18(19,20)21)23(10-24)27-17(3,4)5/h6-8,10,14-15,25H,9H2,1-5H3,(H,22,26). The van der Waals surface area contributed by atoms with Gasteiger partial charge in [-0.2, -0.15) is 13.2 Å². The average Bonchev–Trinajstić information content (AvgIpc) is 2.50. The first-order valence-electron chi connectivity index (χ1n) is 8.29. The molecule has 27 heavy (non-hydrogen) atoms. The second-order valence-electron chi connectivity index (χ2n) is 7.31. The number of nitrogens with one attached hydrogen (secondary N) is 1. The molecule has 0 saturated carbocycles. The Kier molecular flexibility index (Phi) is 7.39. The number of carbonyl (C=O) groups excluding carboxylic acids is 2. The summed E-state index contributed by atoms with van der Waals surface area (Å²) in [6, 6.07) is 3.13. The summed E-state index contributed by atoms with van der Waals surface area (Å²) in [5, 5.41) is 13.0. The lowest BCUT2D eigenvalue weighted by atomic mass is 10.1. The zero-order chi connectivity index (χ0) is 21.0. The molecule has 0 aliphatic rings. The maximum atomic E-state index is 13.0. The predicted octanol–water partition coefficient (Wildman–Crippen LogP) is 3.11. The number of alkyl halides is 3. The van der Waals surface area contributed by atoms with E-state index in [0.29, 0.717) is 16.3 Å². The molecule has 0 aromatic heterocycles. The van der Waals surface area contributed by atoms with Crippen molar-refractivity contribution in [3.05, 3.63) is 29.3 Å². The highest BCUT2D eigenvalue weighted by Gasteiger charge is 2.42. The van der Waals surface area contributed by atoms with Gasteiger partial charge in [-0.15, -0.1) is 0 Å². The van der Waals surface area contributed by atoms with Crippen LogP contribution >= 0.6 is 0 Å². The molecule has 2 N–H and O–H groups in total. The van der Waals surface area contributed by atoms with Crippen molar-refractivity contribution in [3.63, 3.8) is 0 Å². The SMILES string of the molecule is Cc1ccc(NC(=O)C(O)C(CC(F)(F)F)N(C=O)OC(C)(C)C)c(C)c1. The van der Waals surface area contributed by atoms with Crippen LogP contribution in [0, 0.1) is 13.8 Å². The van der Waals surface area contributed by atoms with E-state index in [4.69, 9.17) is 4.84 Å². The molecule has 2 atom stereocenters. The highest BCUT2D eigenvalue weighted by Crippen LogP contribution is 2.27. The number of carbonyl (C=O) groups is 2. The van der Waals surface area contributed by atoms with Crippen LogP contribution in [0.5, 0.6) is 0 Å². The maximum absolute atomic E-state index is 13.0. The van der Waals surface area contributed by atoms with Crippen LogP contribution in [-0.4, -0.2) is 46.4 Å². The molecule has 152 valence electrons. The largest absolute Gasteiger partial charge is 0.391 e. The zero-order valence-electron chi connectivity index (χ0n) is 15.9. The van der Waals surface area contributed by atoms with Gasteiger partial charge in [-0.3, -0.25) is 14.4 Å². The first-order chi connectivity index (χ1) is 12.2. The van der Waals surface area contributed by atoms with Crippen LogP contribution in [0.15, 0.2) is 18.2 Å². The molecular weight excluding hydrogens is 365 g/mol. The molecule has 0 radical (unpaired) electrons. The third-order valence-electron chi connectivity index (χ3n) is 3.52. The molecule has 0 heterocycles. The van der Waals surface area contributed by atoms with E-state index in [1.54, 1.807) is 25.1 Å². The molecule has 9 heteroatoms. The molecule has 0 bridgehead atoms. The fraction of sp³-hybridized carbons (Fsp3) is 0.556. The van der Waals surface area contributed by atoms with Crippen molar-refractivity contribution in [2.45, 2.75) is 65.0 Å². The Labute approximate surface area is 156 Å². The molecule has 0 saturated heterocycles. The number of aryl methyl sites for hydroxylation is 2. The van der Waals surface area contributed by atoms with Crippen LogP contribution in [0.2, 0.25) is 0 Å². The number of hydroxylamine groups is 2. The van der Waals surface area contributed by atoms with E-state index in [1.165, 1.54) is 20.8 Å². The first-order valence-corrected chi connectivity index (χ1v) is 8.29. The number of amides is 2. The number of halogens is 3. The van der Waals surface area contributed by atoms with Gasteiger partial charge in [0.05, 0.1) is 12.0 Å². The Morgan fingerprint density at radius 2 is 1.89 bits per heavy atom. The van der Waals surface area contributed by atoms with Gasteiger partial charge in [0, 0.05) is 5.69 Å². The van der Waals surface area contributed by atoms with Gasteiger partial charge in [0.25, 0.3) is 5.91 Å². The van der Waals surface area contributed by atoms with Crippen LogP contribution in [0.25, 0.3) is 0 Å². The Morgan fingerprint density at radius 1 is 1.30 bits per heavy atom. The topological polar surface area (TPSA) is 78.9 Å². The van der Waals surface area contributed by atoms with Crippen LogP contribution < -0.4 is 5.32 Å². The van der Waals surface area contributed by atoms with Gasteiger partial charge in [-0.05, 0) is 46.2 Å². The van der Waals surface area contributed by atoms with E-state index < -0.39 is 36.3 Å². The van der Waals surface area contributed by atoms with Crippen molar-refractivity contribution in [3.8, 4) is 0 Å². The fourth-order valence-electron chi connectivity index (χ4n) is 2.40. The number of nitrogens with zero attached hydrogens (tertiary/aromatic N) is 1. The molecule has 1 aromatic carbocycles. The molecular formula is C18H25F3N2O4. The minimum Gasteiger partial charge on any atom is -0.381 e. The van der Waals surface area contributed by atoms with Crippen molar-refractivity contribution in [2.24, 2.45) is 0 Å². The van der Waals surface area contributed by atoms with Crippen LogP contribution in [-0.2, 0) is 14.4 Å². The second kappa shape index (κ2) is 8.71. The summed E-state index contributed by atoms with van der Waals surface area (Å²) in [4.78, 5) is 28.8. The van der Waals surface area contributed by atoms with Gasteiger partial charge in [0.15, 0.2) is 6.10 Å². The van der Waals surface area contributed by atoms with Crippen molar-refractivity contribution in [1.29, 1.82) is 0 Å². The molecule has 0 fully saturated rings. The van der Waals surface area contributed by atoms with Crippen molar-refractivity contribution in [1.82, 2.24) is 5.06 Å². The number of aliphatic hydroxyl groups is 1. The summed E-state index contributed by atoms with van der Waals surface area (Å²) >= 11 is 0. The van der Waals surface area contributed by atoms with Gasteiger partial charge >= 0.3 is 6.18 Å². The Balaban J connectivity index is 3.08. The van der Waals surface area contributed by atoms with Crippen molar-refractivity contribution >= 4 is 18.0 Å². The van der Waals surface area contributed by atoms with E-state index in [9.17, 15) is 27.9 Å². The highest BCUT2D eigenvalue weighted by molar-refractivity contribution is 5.95. The van der Waals surface area contributed by atoms with Gasteiger partial charge < -0.3 is 10.4 Å². The summed E-state index contributed by atoms with van der Waals surface area (Å²) in [5.41, 5.74) is 0.965. The minimum atomic E-state index is -4.73. The Bertz CT molecular complexity index is 672. The molecule has 0 spiro atoms. The predicted molar refractivity (Wildman–Crippen MR) is 93.8 cm³/mol. The van der Waals surface area contributed by atoms with Crippen LogP contribution in [0.4, 0.5) is 18.9 Å². The number of rotatable bonds is 7.